The lowest BCUT2D eigenvalue weighted by Crippen LogP contribution is -2.41. The Morgan fingerprint density at radius 2 is 2.25 bits per heavy atom. The van der Waals surface area contributed by atoms with Crippen molar-refractivity contribution in [2.24, 2.45) is 5.92 Å². The number of piperidine rings is 1. The number of carbonyl (C=O) groups is 1. The van der Waals surface area contributed by atoms with Crippen LogP contribution in [0.4, 0.5) is 10.1 Å². The van der Waals surface area contributed by atoms with Crippen LogP contribution in [0.2, 0.25) is 0 Å². The fraction of sp³-hybridized carbons (Fsp3) is 0.462. The molecule has 1 heterocycles. The molecule has 7 heteroatoms. The maximum atomic E-state index is 13.3. The van der Waals surface area contributed by atoms with Gasteiger partial charge in [-0.2, -0.15) is 0 Å². The van der Waals surface area contributed by atoms with E-state index < -0.39 is 22.3 Å². The molecule has 1 aliphatic rings. The summed E-state index contributed by atoms with van der Waals surface area (Å²) in [5.41, 5.74) is -0.473. The number of carbonyl (C=O) groups excluding carboxylic acids is 1. The van der Waals surface area contributed by atoms with Gasteiger partial charge in [0.1, 0.15) is 5.82 Å². The number of halogens is 1. The van der Waals surface area contributed by atoms with Gasteiger partial charge in [0.25, 0.3) is 11.6 Å². The number of aliphatic hydroxyl groups is 1. The van der Waals surface area contributed by atoms with Crippen LogP contribution in [0, 0.1) is 21.8 Å². The molecule has 108 valence electrons. The van der Waals surface area contributed by atoms with E-state index in [0.717, 1.165) is 31.0 Å². The first-order valence-electron chi connectivity index (χ1n) is 6.36. The summed E-state index contributed by atoms with van der Waals surface area (Å²) in [7, 11) is 0. The largest absolute Gasteiger partial charge is 0.396 e. The lowest BCUT2D eigenvalue weighted by atomic mass is 9.98. The summed E-state index contributed by atoms with van der Waals surface area (Å²) < 4.78 is 13.3. The summed E-state index contributed by atoms with van der Waals surface area (Å²) in [5, 5.41) is 19.8. The molecule has 1 amide bonds. The van der Waals surface area contributed by atoms with Crippen molar-refractivity contribution in [3.63, 3.8) is 0 Å². The molecule has 1 unspecified atom stereocenters. The van der Waals surface area contributed by atoms with E-state index in [2.05, 4.69) is 0 Å². The topological polar surface area (TPSA) is 83.7 Å². The Kier molecular flexibility index (Phi) is 4.29. The van der Waals surface area contributed by atoms with Crippen molar-refractivity contribution in [3.8, 4) is 0 Å². The normalized spacial score (nSPS) is 18.9. The van der Waals surface area contributed by atoms with Crippen LogP contribution in [0.5, 0.6) is 0 Å². The van der Waals surface area contributed by atoms with Crippen LogP contribution in [-0.4, -0.2) is 40.5 Å². The van der Waals surface area contributed by atoms with Gasteiger partial charge in [0, 0.05) is 31.3 Å². The molecule has 0 aromatic heterocycles. The van der Waals surface area contributed by atoms with E-state index in [0.29, 0.717) is 13.1 Å². The molecule has 0 radical (unpaired) electrons. The summed E-state index contributed by atoms with van der Waals surface area (Å²) in [6.45, 7) is 0.895. The Balaban J connectivity index is 2.22. The molecule has 2 rings (SSSR count). The van der Waals surface area contributed by atoms with Crippen LogP contribution in [0.3, 0.4) is 0 Å². The number of nitro benzene ring substituents is 1. The number of non-ortho nitro benzene ring substituents is 1. The summed E-state index contributed by atoms with van der Waals surface area (Å²) >= 11 is 0. The van der Waals surface area contributed by atoms with Gasteiger partial charge < -0.3 is 10.0 Å². The molecule has 6 nitrogen and oxygen atoms in total. The highest BCUT2D eigenvalue weighted by Gasteiger charge is 2.25. The number of hydrogen-bond donors (Lipinski definition) is 1. The predicted molar refractivity (Wildman–Crippen MR) is 68.8 cm³/mol. The first kappa shape index (κ1) is 14.4. The zero-order chi connectivity index (χ0) is 14.7. The molecule has 1 fully saturated rings. The van der Waals surface area contributed by atoms with E-state index in [4.69, 9.17) is 5.11 Å². The van der Waals surface area contributed by atoms with Crippen molar-refractivity contribution in [1.82, 2.24) is 4.90 Å². The minimum absolute atomic E-state index is 0.00687. The predicted octanol–water partition coefficient (Wildman–Crippen LogP) is 1.58. The Morgan fingerprint density at radius 3 is 2.90 bits per heavy atom. The number of amides is 1. The quantitative estimate of drug-likeness (QED) is 0.674. The van der Waals surface area contributed by atoms with Crippen LogP contribution in [0.15, 0.2) is 18.2 Å². The van der Waals surface area contributed by atoms with E-state index in [9.17, 15) is 19.3 Å². The van der Waals surface area contributed by atoms with Crippen molar-refractivity contribution in [2.45, 2.75) is 12.8 Å². The van der Waals surface area contributed by atoms with E-state index in [1.54, 1.807) is 0 Å². The second-order valence-electron chi connectivity index (χ2n) is 4.90. The van der Waals surface area contributed by atoms with E-state index >= 15 is 0 Å². The monoisotopic (exact) mass is 282 g/mol. The highest BCUT2D eigenvalue weighted by atomic mass is 19.1. The maximum absolute atomic E-state index is 13.3. The van der Waals surface area contributed by atoms with Gasteiger partial charge in [-0.15, -0.1) is 0 Å². The maximum Gasteiger partial charge on any atom is 0.273 e. The third-order valence-corrected chi connectivity index (χ3v) is 3.40. The van der Waals surface area contributed by atoms with Gasteiger partial charge in [0.15, 0.2) is 0 Å². The molecule has 0 spiro atoms. The fourth-order valence-electron chi connectivity index (χ4n) is 2.38. The van der Waals surface area contributed by atoms with Crippen molar-refractivity contribution >= 4 is 11.6 Å². The smallest absolute Gasteiger partial charge is 0.273 e. The fourth-order valence-corrected chi connectivity index (χ4v) is 2.38. The number of benzene rings is 1. The molecule has 1 atom stereocenters. The Bertz CT molecular complexity index is 535. The molecule has 0 aliphatic carbocycles. The van der Waals surface area contributed by atoms with Crippen LogP contribution < -0.4 is 0 Å². The van der Waals surface area contributed by atoms with Crippen LogP contribution in [0.1, 0.15) is 23.2 Å². The van der Waals surface area contributed by atoms with Crippen molar-refractivity contribution < 1.29 is 19.2 Å². The van der Waals surface area contributed by atoms with Gasteiger partial charge in [-0.3, -0.25) is 14.9 Å². The Morgan fingerprint density at radius 1 is 1.50 bits per heavy atom. The number of aliphatic hydroxyl groups excluding tert-OH is 1. The Hall–Kier alpha value is -2.02. The highest BCUT2D eigenvalue weighted by Crippen LogP contribution is 2.21. The third-order valence-electron chi connectivity index (χ3n) is 3.40. The van der Waals surface area contributed by atoms with Gasteiger partial charge in [-0.1, -0.05) is 0 Å². The molecular formula is C13H15FN2O4. The number of rotatable bonds is 3. The van der Waals surface area contributed by atoms with E-state index in [1.807, 2.05) is 0 Å². The minimum atomic E-state index is -0.807. The minimum Gasteiger partial charge on any atom is -0.396 e. The average molecular weight is 282 g/mol. The molecular weight excluding hydrogens is 267 g/mol. The molecule has 1 saturated heterocycles. The van der Waals surface area contributed by atoms with Crippen LogP contribution >= 0.6 is 0 Å². The first-order chi connectivity index (χ1) is 9.51. The number of nitrogens with zero attached hydrogens (tertiary/aromatic N) is 2. The number of hydrogen-bond acceptors (Lipinski definition) is 4. The molecule has 0 saturated carbocycles. The van der Waals surface area contributed by atoms with Crippen molar-refractivity contribution in [3.05, 3.63) is 39.7 Å². The molecule has 20 heavy (non-hydrogen) atoms. The lowest BCUT2D eigenvalue weighted by molar-refractivity contribution is -0.385. The van der Waals surface area contributed by atoms with Gasteiger partial charge in [-0.25, -0.2) is 4.39 Å². The summed E-state index contributed by atoms with van der Waals surface area (Å²) in [6, 6.07) is 2.86. The summed E-state index contributed by atoms with van der Waals surface area (Å²) in [4.78, 5) is 23.7. The third kappa shape index (κ3) is 3.11. The zero-order valence-electron chi connectivity index (χ0n) is 10.8. The number of nitro groups is 1. The second-order valence-corrected chi connectivity index (χ2v) is 4.90. The summed E-state index contributed by atoms with van der Waals surface area (Å²) in [5.74, 6) is -1.24. The van der Waals surface area contributed by atoms with Gasteiger partial charge in [0.2, 0.25) is 0 Å². The van der Waals surface area contributed by atoms with E-state index in [-0.39, 0.29) is 18.1 Å². The zero-order valence-corrected chi connectivity index (χ0v) is 10.8. The molecule has 1 aromatic rings. The molecule has 1 N–H and O–H groups in total. The van der Waals surface area contributed by atoms with Crippen LogP contribution in [-0.2, 0) is 0 Å². The Labute approximate surface area is 115 Å². The standard InChI is InChI=1S/C13H15FN2O4/c14-11-4-10(5-12(6-11)16(19)20)13(18)15-3-1-2-9(7-15)8-17/h4-6,9,17H,1-3,7-8H2. The number of likely N-dealkylation sites (tertiary alicyclic amines) is 1. The first-order valence-corrected chi connectivity index (χ1v) is 6.36. The average Bonchev–Trinajstić information content (AvgIpc) is 2.45. The van der Waals surface area contributed by atoms with Gasteiger partial charge >= 0.3 is 0 Å². The van der Waals surface area contributed by atoms with E-state index in [1.165, 1.54) is 4.90 Å². The van der Waals surface area contributed by atoms with Gasteiger partial charge in [-0.05, 0) is 24.8 Å². The lowest BCUT2D eigenvalue weighted by Gasteiger charge is -2.31. The van der Waals surface area contributed by atoms with Crippen molar-refractivity contribution in [2.75, 3.05) is 19.7 Å². The SMILES string of the molecule is O=C(c1cc(F)cc([N+](=O)[O-])c1)N1CCCC(CO)C1. The molecule has 1 aliphatic heterocycles. The molecule has 1 aromatic carbocycles. The highest BCUT2D eigenvalue weighted by molar-refractivity contribution is 5.95. The second kappa shape index (κ2) is 5.96. The molecule has 0 bridgehead atoms. The van der Waals surface area contributed by atoms with Crippen LogP contribution in [0.25, 0.3) is 0 Å². The van der Waals surface area contributed by atoms with Crippen molar-refractivity contribution in [1.29, 1.82) is 0 Å². The summed E-state index contributed by atoms with van der Waals surface area (Å²) in [6.07, 6.45) is 1.60. The van der Waals surface area contributed by atoms with Gasteiger partial charge in [0.05, 0.1) is 11.0 Å².